The standard InChI is InChI=1S/C38H35N3O2/c1-21-13-15-26(17-23(21)3)29-20-40-35-32(30(42)19-38(6,7)34(29)35)33(36(43)27-16-14-22(2)24(4)18-27)31-25(5)39-41(37(31)40)28-11-9-8-10-12-28/h8-18,20H,19H2,1-7H3. The predicted molar refractivity (Wildman–Crippen MR) is 173 cm³/mol. The summed E-state index contributed by atoms with van der Waals surface area (Å²) < 4.78 is 4.05. The zero-order valence-electron chi connectivity index (χ0n) is 25.8. The van der Waals surface area contributed by atoms with Crippen molar-refractivity contribution in [2.75, 3.05) is 0 Å². The van der Waals surface area contributed by atoms with Gasteiger partial charge in [-0.15, -0.1) is 0 Å². The van der Waals surface area contributed by atoms with Gasteiger partial charge in [0.25, 0.3) is 0 Å². The van der Waals surface area contributed by atoms with Crippen molar-refractivity contribution < 1.29 is 9.59 Å². The third-order valence-electron chi connectivity index (χ3n) is 9.38. The third kappa shape index (κ3) is 3.94. The van der Waals surface area contributed by atoms with Crippen molar-refractivity contribution in [3.63, 3.8) is 0 Å². The summed E-state index contributed by atoms with van der Waals surface area (Å²) in [5.74, 6) is -0.151. The molecule has 5 heteroatoms. The molecule has 0 N–H and O–H groups in total. The number of carbonyl (C=O) groups is 2. The molecule has 0 spiro atoms. The number of hydrogen-bond acceptors (Lipinski definition) is 3. The number of carbonyl (C=O) groups excluding carboxylic acids is 2. The Kier molecular flexibility index (Phi) is 5.90. The van der Waals surface area contributed by atoms with E-state index < -0.39 is 5.41 Å². The summed E-state index contributed by atoms with van der Waals surface area (Å²) in [4.78, 5) is 28.9. The number of fused-ring (bicyclic) bond motifs is 2. The van der Waals surface area contributed by atoms with E-state index >= 15 is 0 Å². The Hall–Kier alpha value is -4.77. The molecule has 0 aliphatic heterocycles. The van der Waals surface area contributed by atoms with E-state index in [0.29, 0.717) is 28.8 Å². The number of rotatable bonds is 4. The van der Waals surface area contributed by atoms with Gasteiger partial charge in [-0.2, -0.15) is 5.10 Å². The van der Waals surface area contributed by atoms with E-state index in [1.54, 1.807) is 0 Å². The van der Waals surface area contributed by atoms with Crippen LogP contribution in [0.25, 0.3) is 33.4 Å². The molecule has 5 nitrogen and oxygen atoms in total. The lowest BCUT2D eigenvalue weighted by Crippen LogP contribution is -2.29. The van der Waals surface area contributed by atoms with Crippen LogP contribution in [0.15, 0.2) is 72.9 Å². The Labute approximate surface area is 251 Å². The molecule has 0 atom stereocenters. The fourth-order valence-corrected chi connectivity index (χ4v) is 6.86. The Morgan fingerprint density at radius 1 is 0.837 bits per heavy atom. The number of pyridine rings is 1. The summed E-state index contributed by atoms with van der Waals surface area (Å²) in [6, 6.07) is 22.3. The van der Waals surface area contributed by atoms with E-state index in [1.165, 1.54) is 11.1 Å². The van der Waals surface area contributed by atoms with Gasteiger partial charge in [-0.1, -0.05) is 62.4 Å². The molecule has 6 aromatic rings. The number of aryl methyl sites for hydroxylation is 5. The normalized spacial score (nSPS) is 14.2. The number of Topliss-reactive ketones (excluding diaryl/α,β-unsaturated/α-hetero) is 1. The van der Waals surface area contributed by atoms with Crippen molar-refractivity contribution in [2.24, 2.45) is 0 Å². The van der Waals surface area contributed by atoms with Gasteiger partial charge in [0.2, 0.25) is 0 Å². The van der Waals surface area contributed by atoms with Crippen LogP contribution in [0.1, 0.15) is 80.1 Å². The van der Waals surface area contributed by atoms with Crippen molar-refractivity contribution >= 4 is 28.1 Å². The maximum atomic E-state index is 14.6. The molecular formula is C38H35N3O2. The van der Waals surface area contributed by atoms with Crippen molar-refractivity contribution in [2.45, 2.75) is 60.3 Å². The summed E-state index contributed by atoms with van der Waals surface area (Å²) in [6.07, 6.45) is 2.48. The summed E-state index contributed by atoms with van der Waals surface area (Å²) in [5.41, 5.74) is 12.2. The van der Waals surface area contributed by atoms with Gasteiger partial charge in [0, 0.05) is 29.3 Å². The Morgan fingerprint density at radius 3 is 2.19 bits per heavy atom. The lowest BCUT2D eigenvalue weighted by atomic mass is 9.71. The average Bonchev–Trinajstić information content (AvgIpc) is 3.54. The molecule has 0 fully saturated rings. The fraction of sp³-hybridized carbons (Fsp3) is 0.237. The largest absolute Gasteiger partial charge is 0.299 e. The molecule has 3 heterocycles. The van der Waals surface area contributed by atoms with E-state index in [0.717, 1.165) is 50.1 Å². The first-order valence-electron chi connectivity index (χ1n) is 14.9. The number of hydrogen-bond donors (Lipinski definition) is 0. The van der Waals surface area contributed by atoms with E-state index in [9.17, 15) is 9.59 Å². The smallest absolute Gasteiger partial charge is 0.194 e. The molecule has 3 aromatic carbocycles. The van der Waals surface area contributed by atoms with Crippen LogP contribution in [0.4, 0.5) is 0 Å². The van der Waals surface area contributed by atoms with E-state index in [2.05, 4.69) is 56.5 Å². The summed E-state index contributed by atoms with van der Waals surface area (Å²) in [7, 11) is 0. The van der Waals surface area contributed by atoms with Crippen molar-refractivity contribution in [1.29, 1.82) is 0 Å². The highest BCUT2D eigenvalue weighted by atomic mass is 16.1. The van der Waals surface area contributed by atoms with Crippen molar-refractivity contribution in [3.05, 3.63) is 123 Å². The molecule has 0 radical (unpaired) electrons. The second kappa shape index (κ2) is 9.37. The molecule has 0 saturated heterocycles. The predicted octanol–water partition coefficient (Wildman–Crippen LogP) is 8.58. The van der Waals surface area contributed by atoms with Gasteiger partial charge in [0.1, 0.15) is 5.65 Å². The maximum absolute atomic E-state index is 14.6. The van der Waals surface area contributed by atoms with Crippen LogP contribution in [0.3, 0.4) is 0 Å². The molecule has 0 amide bonds. The Morgan fingerprint density at radius 2 is 1.51 bits per heavy atom. The fourth-order valence-electron chi connectivity index (χ4n) is 6.86. The lowest BCUT2D eigenvalue weighted by molar-refractivity contribution is 0.0943. The summed E-state index contributed by atoms with van der Waals surface area (Å²) in [6.45, 7) is 14.5. The SMILES string of the molecule is Cc1ccc(C(=O)c2c3c4c(c(-c5ccc(C)c(C)c5)cn4c4c2c(C)nn4-c2ccccc2)C(C)(C)CC3=O)cc1C. The quantitative estimate of drug-likeness (QED) is 0.201. The van der Waals surface area contributed by atoms with Crippen LogP contribution in [-0.4, -0.2) is 25.7 Å². The maximum Gasteiger partial charge on any atom is 0.194 e. The second-order valence-electron chi connectivity index (χ2n) is 12.8. The summed E-state index contributed by atoms with van der Waals surface area (Å²) >= 11 is 0. The van der Waals surface area contributed by atoms with Crippen LogP contribution in [0, 0.1) is 34.6 Å². The minimum atomic E-state index is -0.436. The first kappa shape index (κ1) is 27.1. The second-order valence-corrected chi connectivity index (χ2v) is 12.8. The van der Waals surface area contributed by atoms with Crippen LogP contribution >= 0.6 is 0 Å². The third-order valence-corrected chi connectivity index (χ3v) is 9.38. The molecule has 7 rings (SSSR count). The topological polar surface area (TPSA) is 56.4 Å². The highest BCUT2D eigenvalue weighted by Gasteiger charge is 2.41. The number of nitrogens with zero attached hydrogens (tertiary/aromatic N) is 3. The zero-order chi connectivity index (χ0) is 30.4. The van der Waals surface area contributed by atoms with Gasteiger partial charge in [0.05, 0.1) is 27.8 Å². The highest BCUT2D eigenvalue weighted by molar-refractivity contribution is 6.26. The van der Waals surface area contributed by atoms with E-state index in [-0.39, 0.29) is 11.6 Å². The van der Waals surface area contributed by atoms with Crippen LogP contribution < -0.4 is 0 Å². The number of para-hydroxylation sites is 1. The van der Waals surface area contributed by atoms with Crippen LogP contribution in [-0.2, 0) is 5.41 Å². The van der Waals surface area contributed by atoms with Gasteiger partial charge in [-0.05, 0) is 91.6 Å². The van der Waals surface area contributed by atoms with Crippen molar-refractivity contribution in [3.8, 4) is 16.8 Å². The van der Waals surface area contributed by atoms with Crippen LogP contribution in [0.2, 0.25) is 0 Å². The molecular weight excluding hydrogens is 530 g/mol. The van der Waals surface area contributed by atoms with Gasteiger partial charge in [-0.3, -0.25) is 14.0 Å². The molecule has 0 bridgehead atoms. The van der Waals surface area contributed by atoms with Crippen molar-refractivity contribution in [1.82, 2.24) is 14.2 Å². The van der Waals surface area contributed by atoms with Gasteiger partial charge < -0.3 is 0 Å². The van der Waals surface area contributed by atoms with Gasteiger partial charge in [0.15, 0.2) is 11.6 Å². The molecule has 214 valence electrons. The monoisotopic (exact) mass is 565 g/mol. The van der Waals surface area contributed by atoms with Gasteiger partial charge >= 0.3 is 0 Å². The Bertz CT molecular complexity index is 2160. The minimum absolute atomic E-state index is 0.00631. The highest BCUT2D eigenvalue weighted by Crippen LogP contribution is 2.48. The molecule has 1 aliphatic rings. The van der Waals surface area contributed by atoms with E-state index in [1.807, 2.05) is 74.0 Å². The number of benzene rings is 3. The minimum Gasteiger partial charge on any atom is -0.299 e. The average molecular weight is 566 g/mol. The number of aromatic nitrogens is 3. The molecule has 0 saturated carbocycles. The van der Waals surface area contributed by atoms with Gasteiger partial charge in [-0.25, -0.2) is 4.68 Å². The van der Waals surface area contributed by atoms with E-state index in [4.69, 9.17) is 5.10 Å². The first-order chi connectivity index (χ1) is 20.5. The molecule has 43 heavy (non-hydrogen) atoms. The Balaban J connectivity index is 1.70. The molecule has 3 aromatic heterocycles. The zero-order valence-corrected chi connectivity index (χ0v) is 25.8. The van der Waals surface area contributed by atoms with Crippen LogP contribution in [0.5, 0.6) is 0 Å². The first-order valence-corrected chi connectivity index (χ1v) is 14.9. The molecule has 0 unspecified atom stereocenters. The number of ketones is 2. The summed E-state index contributed by atoms with van der Waals surface area (Å²) in [5, 5.41) is 5.72. The molecule has 1 aliphatic carbocycles. The lowest BCUT2D eigenvalue weighted by Gasteiger charge is -2.31.